The van der Waals surface area contributed by atoms with E-state index in [2.05, 4.69) is 20.6 Å². The highest BCUT2D eigenvalue weighted by Gasteiger charge is 2.30. The van der Waals surface area contributed by atoms with Crippen LogP contribution in [0.3, 0.4) is 0 Å². The lowest BCUT2D eigenvalue weighted by atomic mass is 10.2. The Morgan fingerprint density at radius 1 is 1.47 bits per heavy atom. The van der Waals surface area contributed by atoms with E-state index in [-0.39, 0.29) is 0 Å². The summed E-state index contributed by atoms with van der Waals surface area (Å²) in [4.78, 5) is 0. The summed E-state index contributed by atoms with van der Waals surface area (Å²) in [5, 5.41) is 15.7. The van der Waals surface area contributed by atoms with Gasteiger partial charge in [0.15, 0.2) is 5.82 Å². The van der Waals surface area contributed by atoms with Gasteiger partial charge in [0, 0.05) is 24.2 Å². The van der Waals surface area contributed by atoms with E-state index in [1.165, 1.54) is 24.1 Å². The lowest BCUT2D eigenvalue weighted by Crippen LogP contribution is -2.09. The summed E-state index contributed by atoms with van der Waals surface area (Å²) in [6, 6.07) is 3.83. The van der Waals surface area contributed by atoms with Crippen molar-refractivity contribution >= 4 is 0 Å². The van der Waals surface area contributed by atoms with Crippen LogP contribution in [-0.2, 0) is 6.54 Å². The molecule has 1 saturated carbocycles. The highest BCUT2D eigenvalue weighted by atomic mass is 15.3. The Labute approximate surface area is 99.9 Å². The SMILES string of the molecule is CNCc1cnn(-c2cccnn2)c1C1CC1. The third kappa shape index (κ3) is 1.93. The average Bonchev–Trinajstić information content (AvgIpc) is 3.12. The van der Waals surface area contributed by atoms with E-state index in [9.17, 15) is 0 Å². The van der Waals surface area contributed by atoms with E-state index in [4.69, 9.17) is 0 Å². The predicted molar refractivity (Wildman–Crippen MR) is 63.9 cm³/mol. The first kappa shape index (κ1) is 10.4. The Balaban J connectivity index is 2.04. The van der Waals surface area contributed by atoms with Crippen LogP contribution in [0.5, 0.6) is 0 Å². The second-order valence-corrected chi connectivity index (χ2v) is 4.35. The van der Waals surface area contributed by atoms with Crippen LogP contribution in [-0.4, -0.2) is 27.0 Å². The highest BCUT2D eigenvalue weighted by Crippen LogP contribution is 2.42. The van der Waals surface area contributed by atoms with Gasteiger partial charge < -0.3 is 5.32 Å². The van der Waals surface area contributed by atoms with Crippen molar-refractivity contribution in [1.29, 1.82) is 0 Å². The van der Waals surface area contributed by atoms with E-state index in [0.717, 1.165) is 12.4 Å². The van der Waals surface area contributed by atoms with Gasteiger partial charge in [0.05, 0.1) is 11.9 Å². The molecule has 88 valence electrons. The van der Waals surface area contributed by atoms with Crippen molar-refractivity contribution in [2.45, 2.75) is 25.3 Å². The topological polar surface area (TPSA) is 55.6 Å². The molecule has 0 spiro atoms. The molecule has 5 heteroatoms. The number of nitrogens with one attached hydrogen (secondary N) is 1. The molecule has 0 radical (unpaired) electrons. The standard InChI is InChI=1S/C12H15N5/c1-13-7-10-8-15-17(12(10)9-4-5-9)11-3-2-6-14-16-11/h2-3,6,8-9,13H,4-5,7H2,1H3. The van der Waals surface area contributed by atoms with Crippen molar-refractivity contribution in [2.24, 2.45) is 0 Å². The van der Waals surface area contributed by atoms with Crippen molar-refractivity contribution < 1.29 is 0 Å². The highest BCUT2D eigenvalue weighted by molar-refractivity contribution is 5.32. The van der Waals surface area contributed by atoms with Crippen LogP contribution in [0.4, 0.5) is 0 Å². The van der Waals surface area contributed by atoms with E-state index < -0.39 is 0 Å². The molecule has 0 bridgehead atoms. The Bertz CT molecular complexity index is 501. The van der Waals surface area contributed by atoms with Gasteiger partial charge in [-0.1, -0.05) is 0 Å². The fraction of sp³-hybridized carbons (Fsp3) is 0.417. The molecule has 2 aromatic heterocycles. The van der Waals surface area contributed by atoms with Crippen LogP contribution in [0.15, 0.2) is 24.5 Å². The third-order valence-electron chi connectivity index (χ3n) is 2.99. The Morgan fingerprint density at radius 3 is 3.00 bits per heavy atom. The van der Waals surface area contributed by atoms with Crippen LogP contribution in [0.25, 0.3) is 5.82 Å². The maximum atomic E-state index is 4.44. The number of rotatable bonds is 4. The first-order chi connectivity index (χ1) is 8.40. The molecule has 2 aromatic rings. The molecule has 17 heavy (non-hydrogen) atoms. The molecule has 1 aliphatic carbocycles. The lowest BCUT2D eigenvalue weighted by Gasteiger charge is -2.07. The fourth-order valence-corrected chi connectivity index (χ4v) is 2.10. The van der Waals surface area contributed by atoms with Crippen molar-refractivity contribution in [1.82, 2.24) is 25.3 Å². The fourth-order valence-electron chi connectivity index (χ4n) is 2.10. The Hall–Kier alpha value is -1.75. The van der Waals surface area contributed by atoms with Gasteiger partial charge in [-0.05, 0) is 32.0 Å². The zero-order chi connectivity index (χ0) is 11.7. The smallest absolute Gasteiger partial charge is 0.175 e. The molecule has 0 aliphatic heterocycles. The summed E-state index contributed by atoms with van der Waals surface area (Å²) in [6.07, 6.45) is 6.11. The molecule has 0 aromatic carbocycles. The number of aromatic nitrogens is 4. The van der Waals surface area contributed by atoms with Crippen LogP contribution in [0.2, 0.25) is 0 Å². The van der Waals surface area contributed by atoms with Gasteiger partial charge in [-0.15, -0.1) is 5.10 Å². The van der Waals surface area contributed by atoms with E-state index in [1.807, 2.05) is 30.1 Å². The molecule has 5 nitrogen and oxygen atoms in total. The Morgan fingerprint density at radius 2 is 2.35 bits per heavy atom. The summed E-state index contributed by atoms with van der Waals surface area (Å²) >= 11 is 0. The third-order valence-corrected chi connectivity index (χ3v) is 2.99. The lowest BCUT2D eigenvalue weighted by molar-refractivity contribution is 0.748. The van der Waals surface area contributed by atoms with Gasteiger partial charge in [0.1, 0.15) is 0 Å². The van der Waals surface area contributed by atoms with Gasteiger partial charge >= 0.3 is 0 Å². The van der Waals surface area contributed by atoms with Crippen molar-refractivity contribution in [3.63, 3.8) is 0 Å². The minimum atomic E-state index is 0.642. The van der Waals surface area contributed by atoms with Gasteiger partial charge in [-0.3, -0.25) is 0 Å². The summed E-state index contributed by atoms with van der Waals surface area (Å²) in [5.41, 5.74) is 2.56. The van der Waals surface area contributed by atoms with Crippen molar-refractivity contribution in [2.75, 3.05) is 7.05 Å². The maximum absolute atomic E-state index is 4.44. The Kier molecular flexibility index (Phi) is 2.60. The zero-order valence-electron chi connectivity index (χ0n) is 9.80. The molecular weight excluding hydrogens is 214 g/mol. The van der Waals surface area contributed by atoms with Crippen LogP contribution in [0.1, 0.15) is 30.0 Å². The van der Waals surface area contributed by atoms with E-state index in [1.54, 1.807) is 6.20 Å². The quantitative estimate of drug-likeness (QED) is 0.857. The number of hydrogen-bond acceptors (Lipinski definition) is 4. The minimum Gasteiger partial charge on any atom is -0.316 e. The largest absolute Gasteiger partial charge is 0.316 e. The second-order valence-electron chi connectivity index (χ2n) is 4.35. The summed E-state index contributed by atoms with van der Waals surface area (Å²) in [7, 11) is 1.95. The zero-order valence-corrected chi connectivity index (χ0v) is 9.80. The molecule has 1 fully saturated rings. The van der Waals surface area contributed by atoms with E-state index >= 15 is 0 Å². The molecule has 1 N–H and O–H groups in total. The molecule has 3 rings (SSSR count). The maximum Gasteiger partial charge on any atom is 0.175 e. The average molecular weight is 229 g/mol. The van der Waals surface area contributed by atoms with Gasteiger partial charge in [0.25, 0.3) is 0 Å². The minimum absolute atomic E-state index is 0.642. The van der Waals surface area contributed by atoms with Gasteiger partial charge in [-0.25, -0.2) is 4.68 Å². The van der Waals surface area contributed by atoms with Crippen LogP contribution in [0, 0.1) is 0 Å². The second kappa shape index (κ2) is 4.25. The first-order valence-electron chi connectivity index (χ1n) is 5.89. The monoisotopic (exact) mass is 229 g/mol. The van der Waals surface area contributed by atoms with Gasteiger partial charge in [-0.2, -0.15) is 10.2 Å². The molecule has 0 atom stereocenters. The summed E-state index contributed by atoms with van der Waals surface area (Å²) in [5.74, 6) is 1.44. The summed E-state index contributed by atoms with van der Waals surface area (Å²) < 4.78 is 1.93. The normalized spacial score (nSPS) is 15.1. The van der Waals surface area contributed by atoms with Crippen LogP contribution >= 0.6 is 0 Å². The van der Waals surface area contributed by atoms with E-state index in [0.29, 0.717) is 5.92 Å². The summed E-state index contributed by atoms with van der Waals surface area (Å²) in [6.45, 7) is 0.853. The van der Waals surface area contributed by atoms with Crippen molar-refractivity contribution in [3.8, 4) is 5.82 Å². The van der Waals surface area contributed by atoms with Gasteiger partial charge in [0.2, 0.25) is 0 Å². The molecule has 2 heterocycles. The first-order valence-corrected chi connectivity index (χ1v) is 5.89. The predicted octanol–water partition coefficient (Wildman–Crippen LogP) is 1.26. The molecule has 1 aliphatic rings. The van der Waals surface area contributed by atoms with Crippen molar-refractivity contribution in [3.05, 3.63) is 35.8 Å². The molecule has 0 saturated heterocycles. The molecule has 0 unspecified atom stereocenters. The molecule has 0 amide bonds. The number of nitrogens with zero attached hydrogens (tertiary/aromatic N) is 4. The van der Waals surface area contributed by atoms with Crippen LogP contribution < -0.4 is 5.32 Å². The number of hydrogen-bond donors (Lipinski definition) is 1. The molecular formula is C12H15N5.